The Bertz CT molecular complexity index is 1150. The van der Waals surface area contributed by atoms with Gasteiger partial charge < -0.3 is 13.7 Å². The molecule has 140 valence electrons. The van der Waals surface area contributed by atoms with Crippen LogP contribution in [0.1, 0.15) is 10.6 Å². The average Bonchev–Trinajstić information content (AvgIpc) is 3.20. The van der Waals surface area contributed by atoms with Crippen LogP contribution in [-0.2, 0) is 16.1 Å². The van der Waals surface area contributed by atoms with Gasteiger partial charge in [0.05, 0.1) is 23.4 Å². The number of halogens is 2. The number of fused-ring (bicyclic) bond motifs is 1. The molecule has 2 aromatic heterocycles. The van der Waals surface area contributed by atoms with E-state index in [4.69, 9.17) is 4.42 Å². The molecule has 0 N–H and O–H groups in total. The van der Waals surface area contributed by atoms with Crippen molar-refractivity contribution in [3.05, 3.63) is 56.6 Å². The smallest absolute Gasteiger partial charge is 0.433 e. The molecule has 12 heteroatoms. The number of carbonyl (C=O) groups is 2. The lowest BCUT2D eigenvalue weighted by molar-refractivity contribution is -0.402. The molecule has 3 rings (SSSR count). The van der Waals surface area contributed by atoms with E-state index >= 15 is 0 Å². The Balaban J connectivity index is 2.16. The van der Waals surface area contributed by atoms with E-state index in [1.807, 2.05) is 0 Å². The molecule has 2 heterocycles. The molecule has 9 nitrogen and oxygen atoms in total. The molecule has 0 unspecified atom stereocenters. The van der Waals surface area contributed by atoms with Crippen molar-refractivity contribution < 1.29 is 32.4 Å². The molecule has 3 aromatic rings. The molecule has 0 aliphatic carbocycles. The summed E-state index contributed by atoms with van der Waals surface area (Å²) in [6.07, 6.45) is 0. The fourth-order valence-corrected chi connectivity index (χ4v) is 3.30. The second kappa shape index (κ2) is 7.07. The van der Waals surface area contributed by atoms with Gasteiger partial charge in [-0.2, -0.15) is 4.99 Å². The Hall–Kier alpha value is -3.41. The minimum atomic E-state index is -0.992. The van der Waals surface area contributed by atoms with Crippen LogP contribution in [0.3, 0.4) is 0 Å². The number of amides is 1. The van der Waals surface area contributed by atoms with Crippen LogP contribution in [0.4, 0.5) is 14.7 Å². The standard InChI is InChI=1S/C15H9F2N3O6S/c1-25-12(21)6-19-13-8(17)4-7(16)5-10(13)27-15(19)18-14(22)9-2-3-11(26-9)20(23)24/h2-5H,6H2,1H3. The van der Waals surface area contributed by atoms with E-state index in [-0.39, 0.29) is 15.0 Å². The highest BCUT2D eigenvalue weighted by Crippen LogP contribution is 2.23. The van der Waals surface area contributed by atoms with Crippen LogP contribution in [0, 0.1) is 21.7 Å². The highest BCUT2D eigenvalue weighted by atomic mass is 32.1. The first kappa shape index (κ1) is 18.4. The first-order valence-corrected chi connectivity index (χ1v) is 8.00. The summed E-state index contributed by atoms with van der Waals surface area (Å²) in [4.78, 5) is 37.2. The van der Waals surface area contributed by atoms with Crippen LogP contribution < -0.4 is 4.80 Å². The van der Waals surface area contributed by atoms with Crippen molar-refractivity contribution >= 4 is 39.3 Å². The van der Waals surface area contributed by atoms with E-state index in [0.29, 0.717) is 6.07 Å². The summed E-state index contributed by atoms with van der Waals surface area (Å²) in [6, 6.07) is 3.69. The summed E-state index contributed by atoms with van der Waals surface area (Å²) >= 11 is 0.753. The van der Waals surface area contributed by atoms with E-state index in [0.717, 1.165) is 41.2 Å². The number of nitrogens with zero attached hydrogens (tertiary/aromatic N) is 3. The maximum Gasteiger partial charge on any atom is 0.433 e. The third-order valence-corrected chi connectivity index (χ3v) is 4.42. The van der Waals surface area contributed by atoms with Gasteiger partial charge in [0, 0.05) is 6.07 Å². The second-order valence-electron chi connectivity index (χ2n) is 5.09. The molecule has 0 saturated heterocycles. The van der Waals surface area contributed by atoms with Crippen molar-refractivity contribution in [1.82, 2.24) is 4.57 Å². The second-order valence-corrected chi connectivity index (χ2v) is 6.10. The van der Waals surface area contributed by atoms with Gasteiger partial charge in [0.15, 0.2) is 10.6 Å². The number of nitro groups is 1. The number of hydrogen-bond donors (Lipinski definition) is 0. The predicted molar refractivity (Wildman–Crippen MR) is 87.0 cm³/mol. The fraction of sp³-hybridized carbons (Fsp3) is 0.133. The van der Waals surface area contributed by atoms with Crippen LogP contribution in [-0.4, -0.2) is 28.5 Å². The molecule has 1 amide bonds. The zero-order valence-corrected chi connectivity index (χ0v) is 14.3. The zero-order valence-electron chi connectivity index (χ0n) is 13.5. The maximum absolute atomic E-state index is 14.2. The molecule has 0 fully saturated rings. The van der Waals surface area contributed by atoms with E-state index < -0.39 is 46.6 Å². The highest BCUT2D eigenvalue weighted by Gasteiger charge is 2.19. The summed E-state index contributed by atoms with van der Waals surface area (Å²) < 4.78 is 38.1. The largest absolute Gasteiger partial charge is 0.468 e. The number of benzene rings is 1. The summed E-state index contributed by atoms with van der Waals surface area (Å²) in [7, 11) is 1.12. The van der Waals surface area contributed by atoms with Crippen LogP contribution >= 0.6 is 11.3 Å². The predicted octanol–water partition coefficient (Wildman–Crippen LogP) is 2.40. The van der Waals surface area contributed by atoms with Gasteiger partial charge >= 0.3 is 17.8 Å². The summed E-state index contributed by atoms with van der Waals surface area (Å²) in [6.45, 7) is -0.483. The number of methoxy groups -OCH3 is 1. The number of furan rings is 1. The Morgan fingerprint density at radius 3 is 2.74 bits per heavy atom. The first-order chi connectivity index (χ1) is 12.8. The molecule has 0 saturated carbocycles. The Morgan fingerprint density at radius 1 is 1.37 bits per heavy atom. The van der Waals surface area contributed by atoms with Crippen molar-refractivity contribution in [3.63, 3.8) is 0 Å². The number of ether oxygens (including phenoxy) is 1. The van der Waals surface area contributed by atoms with Gasteiger partial charge in [-0.25, -0.2) is 8.78 Å². The Kier molecular flexibility index (Phi) is 4.81. The number of carbonyl (C=O) groups excluding carboxylic acids is 2. The van der Waals surface area contributed by atoms with Gasteiger partial charge in [-0.3, -0.25) is 19.7 Å². The Morgan fingerprint density at radius 2 is 2.11 bits per heavy atom. The highest BCUT2D eigenvalue weighted by molar-refractivity contribution is 7.16. The first-order valence-electron chi connectivity index (χ1n) is 7.18. The number of hydrogen-bond acceptors (Lipinski definition) is 7. The lowest BCUT2D eigenvalue weighted by Gasteiger charge is -2.04. The summed E-state index contributed by atoms with van der Waals surface area (Å²) in [5.41, 5.74) is -0.135. The summed E-state index contributed by atoms with van der Waals surface area (Å²) in [5.74, 6) is -4.61. The number of esters is 1. The maximum atomic E-state index is 14.2. The molecule has 0 radical (unpaired) electrons. The molecule has 0 aliphatic heterocycles. The van der Waals surface area contributed by atoms with Gasteiger partial charge in [-0.1, -0.05) is 11.3 Å². The third-order valence-electron chi connectivity index (χ3n) is 3.39. The molecular weight excluding hydrogens is 388 g/mol. The van der Waals surface area contributed by atoms with Gasteiger partial charge in [0.25, 0.3) is 0 Å². The molecule has 1 aromatic carbocycles. The van der Waals surface area contributed by atoms with Crippen LogP contribution in [0.5, 0.6) is 0 Å². The van der Waals surface area contributed by atoms with Gasteiger partial charge in [0.2, 0.25) is 5.76 Å². The topological polar surface area (TPSA) is 117 Å². The van der Waals surface area contributed by atoms with E-state index in [2.05, 4.69) is 9.73 Å². The summed E-state index contributed by atoms with van der Waals surface area (Å²) in [5, 5.41) is 10.6. The van der Waals surface area contributed by atoms with Gasteiger partial charge in [-0.15, -0.1) is 0 Å². The minimum absolute atomic E-state index is 0.105. The van der Waals surface area contributed by atoms with Crippen LogP contribution in [0.25, 0.3) is 10.2 Å². The molecule has 27 heavy (non-hydrogen) atoms. The normalized spacial score (nSPS) is 11.7. The van der Waals surface area contributed by atoms with Crippen molar-refractivity contribution in [1.29, 1.82) is 0 Å². The fourth-order valence-electron chi connectivity index (χ4n) is 2.24. The lowest BCUT2D eigenvalue weighted by Crippen LogP contribution is -2.22. The zero-order chi connectivity index (χ0) is 19.7. The monoisotopic (exact) mass is 397 g/mol. The van der Waals surface area contributed by atoms with E-state index in [9.17, 15) is 28.5 Å². The molecule has 0 spiro atoms. The third kappa shape index (κ3) is 3.60. The van der Waals surface area contributed by atoms with Gasteiger partial charge in [0.1, 0.15) is 17.3 Å². The number of rotatable bonds is 4. The van der Waals surface area contributed by atoms with Crippen molar-refractivity contribution in [2.75, 3.05) is 7.11 Å². The molecule has 0 atom stereocenters. The molecule has 0 aliphatic rings. The number of aromatic nitrogens is 1. The van der Waals surface area contributed by atoms with Crippen molar-refractivity contribution in [2.45, 2.75) is 6.54 Å². The lowest BCUT2D eigenvalue weighted by atomic mass is 10.3. The van der Waals surface area contributed by atoms with Crippen molar-refractivity contribution in [2.24, 2.45) is 4.99 Å². The average molecular weight is 397 g/mol. The van der Waals surface area contributed by atoms with Crippen LogP contribution in [0.15, 0.2) is 33.7 Å². The van der Waals surface area contributed by atoms with Gasteiger partial charge in [-0.05, 0) is 12.1 Å². The van der Waals surface area contributed by atoms with Crippen molar-refractivity contribution in [3.8, 4) is 0 Å². The number of thiazole rings is 1. The Labute approximate surface area is 152 Å². The van der Waals surface area contributed by atoms with E-state index in [1.165, 1.54) is 0 Å². The van der Waals surface area contributed by atoms with E-state index in [1.54, 1.807) is 0 Å². The quantitative estimate of drug-likeness (QED) is 0.379. The minimum Gasteiger partial charge on any atom is -0.468 e. The van der Waals surface area contributed by atoms with Crippen LogP contribution in [0.2, 0.25) is 0 Å². The molecule has 0 bridgehead atoms. The SMILES string of the molecule is COC(=O)Cn1c(=NC(=O)c2ccc([N+](=O)[O-])o2)sc2cc(F)cc(F)c21. The molecular formula is C15H9F2N3O6S.